The number of hydrogen-bond donors (Lipinski definition) is 1. The molecule has 0 aromatic heterocycles. The maximum absolute atomic E-state index is 12.1. The molecule has 0 saturated carbocycles. The third kappa shape index (κ3) is 2.86. The van der Waals surface area contributed by atoms with Crippen LogP contribution in [0.15, 0.2) is 48.5 Å². The lowest BCUT2D eigenvalue weighted by molar-refractivity contribution is 0.0987. The number of rotatable bonds is 3. The van der Waals surface area contributed by atoms with E-state index >= 15 is 0 Å². The number of methoxy groups -OCH3 is 1. The minimum absolute atomic E-state index is 0.304. The molecule has 0 aliphatic carbocycles. The van der Waals surface area contributed by atoms with Gasteiger partial charge in [-0.2, -0.15) is 0 Å². The summed E-state index contributed by atoms with van der Waals surface area (Å²) in [5.74, 6) is 6.04. The number of amides is 1. The van der Waals surface area contributed by atoms with Gasteiger partial charge in [0.25, 0.3) is 5.91 Å². The Bertz CT molecular complexity index is 587. The predicted molar refractivity (Wildman–Crippen MR) is 75.4 cm³/mol. The highest BCUT2D eigenvalue weighted by atomic mass is 35.5. The third-order valence-corrected chi connectivity index (χ3v) is 2.95. The van der Waals surface area contributed by atoms with Crippen LogP contribution in [0, 0.1) is 0 Å². The Morgan fingerprint density at radius 2 is 1.89 bits per heavy atom. The lowest BCUT2D eigenvalue weighted by Crippen LogP contribution is -2.37. The van der Waals surface area contributed by atoms with Gasteiger partial charge in [-0.15, -0.1) is 0 Å². The second-order valence-corrected chi connectivity index (χ2v) is 4.27. The Balaban J connectivity index is 2.27. The van der Waals surface area contributed by atoms with Crippen molar-refractivity contribution in [2.75, 3.05) is 12.1 Å². The molecule has 0 aliphatic heterocycles. The van der Waals surface area contributed by atoms with Crippen LogP contribution in [-0.4, -0.2) is 13.0 Å². The number of benzene rings is 2. The topological polar surface area (TPSA) is 55.6 Å². The number of nitrogens with two attached hydrogens (primary N) is 1. The minimum Gasteiger partial charge on any atom is -0.495 e. The van der Waals surface area contributed by atoms with Gasteiger partial charge in [-0.1, -0.05) is 29.8 Å². The zero-order valence-electron chi connectivity index (χ0n) is 10.3. The summed E-state index contributed by atoms with van der Waals surface area (Å²) in [6, 6.07) is 13.7. The van der Waals surface area contributed by atoms with Gasteiger partial charge >= 0.3 is 0 Å². The van der Waals surface area contributed by atoms with Crippen molar-refractivity contribution in [2.24, 2.45) is 5.84 Å². The van der Waals surface area contributed by atoms with E-state index in [1.807, 2.05) is 6.07 Å². The normalized spacial score (nSPS) is 10.1. The summed E-state index contributed by atoms with van der Waals surface area (Å²) < 4.78 is 5.05. The molecule has 0 radical (unpaired) electrons. The van der Waals surface area contributed by atoms with E-state index in [4.69, 9.17) is 22.2 Å². The second kappa shape index (κ2) is 5.73. The minimum atomic E-state index is -0.304. The standard InChI is InChI=1S/C14H13ClN2O2/c1-19-13-8-7-11(9-12(13)15)17(16)14(18)10-5-3-2-4-6-10/h2-9H,16H2,1H3. The monoisotopic (exact) mass is 276 g/mol. The molecule has 2 aromatic rings. The van der Waals surface area contributed by atoms with Crippen molar-refractivity contribution in [1.82, 2.24) is 0 Å². The van der Waals surface area contributed by atoms with Gasteiger partial charge in [0.2, 0.25) is 0 Å². The lowest BCUT2D eigenvalue weighted by Gasteiger charge is -2.17. The van der Waals surface area contributed by atoms with E-state index in [0.717, 1.165) is 5.01 Å². The van der Waals surface area contributed by atoms with Gasteiger partial charge in [-0.05, 0) is 30.3 Å². The highest BCUT2D eigenvalue weighted by Gasteiger charge is 2.15. The largest absolute Gasteiger partial charge is 0.495 e. The van der Waals surface area contributed by atoms with Gasteiger partial charge in [0.05, 0.1) is 17.8 Å². The summed E-state index contributed by atoms with van der Waals surface area (Å²) >= 11 is 6.01. The Morgan fingerprint density at radius 1 is 1.21 bits per heavy atom. The van der Waals surface area contributed by atoms with Crippen molar-refractivity contribution in [3.63, 3.8) is 0 Å². The number of carbonyl (C=O) groups excluding carboxylic acids is 1. The first kappa shape index (κ1) is 13.4. The first-order chi connectivity index (χ1) is 9.13. The highest BCUT2D eigenvalue weighted by Crippen LogP contribution is 2.28. The van der Waals surface area contributed by atoms with Crippen molar-refractivity contribution < 1.29 is 9.53 Å². The molecule has 19 heavy (non-hydrogen) atoms. The summed E-state index contributed by atoms with van der Waals surface area (Å²) in [6.45, 7) is 0. The molecule has 1 amide bonds. The Hall–Kier alpha value is -2.04. The van der Waals surface area contributed by atoms with Gasteiger partial charge in [-0.25, -0.2) is 10.9 Å². The molecule has 5 heteroatoms. The van der Waals surface area contributed by atoms with Crippen LogP contribution in [0.1, 0.15) is 10.4 Å². The Morgan fingerprint density at radius 3 is 2.47 bits per heavy atom. The molecule has 2 aromatic carbocycles. The molecule has 0 fully saturated rings. The number of carbonyl (C=O) groups is 1. The summed E-state index contributed by atoms with van der Waals surface area (Å²) in [5, 5.41) is 1.46. The molecule has 0 spiro atoms. The van der Waals surface area contributed by atoms with Gasteiger partial charge in [-0.3, -0.25) is 4.79 Å². The molecule has 0 saturated heterocycles. The number of anilines is 1. The van der Waals surface area contributed by atoms with E-state index in [2.05, 4.69) is 0 Å². The van der Waals surface area contributed by atoms with E-state index < -0.39 is 0 Å². The van der Waals surface area contributed by atoms with Crippen molar-refractivity contribution in [3.8, 4) is 5.75 Å². The number of hydrogen-bond acceptors (Lipinski definition) is 3. The van der Waals surface area contributed by atoms with Gasteiger partial charge < -0.3 is 4.74 Å². The molecular formula is C14H13ClN2O2. The number of hydrazine groups is 1. The Kier molecular flexibility index (Phi) is 4.04. The third-order valence-electron chi connectivity index (χ3n) is 2.65. The second-order valence-electron chi connectivity index (χ2n) is 3.86. The SMILES string of the molecule is COc1ccc(N(N)C(=O)c2ccccc2)cc1Cl. The zero-order valence-corrected chi connectivity index (χ0v) is 11.1. The molecule has 0 unspecified atom stereocenters. The first-order valence-corrected chi connectivity index (χ1v) is 5.99. The highest BCUT2D eigenvalue weighted by molar-refractivity contribution is 6.32. The number of ether oxygens (including phenoxy) is 1. The van der Waals surface area contributed by atoms with Crippen LogP contribution in [-0.2, 0) is 0 Å². The maximum Gasteiger partial charge on any atom is 0.272 e. The van der Waals surface area contributed by atoms with E-state index in [-0.39, 0.29) is 5.91 Å². The lowest BCUT2D eigenvalue weighted by atomic mass is 10.2. The van der Waals surface area contributed by atoms with Crippen LogP contribution >= 0.6 is 11.6 Å². The van der Waals surface area contributed by atoms with Gasteiger partial charge in [0.15, 0.2) is 0 Å². The molecule has 0 bridgehead atoms. The summed E-state index contributed by atoms with van der Waals surface area (Å²) in [6.07, 6.45) is 0. The molecule has 98 valence electrons. The fourth-order valence-electron chi connectivity index (χ4n) is 1.64. The van der Waals surface area contributed by atoms with Gasteiger partial charge in [0.1, 0.15) is 5.75 Å². The van der Waals surface area contributed by atoms with E-state index in [9.17, 15) is 4.79 Å². The van der Waals surface area contributed by atoms with Crippen molar-refractivity contribution >= 4 is 23.2 Å². The van der Waals surface area contributed by atoms with Crippen LogP contribution in [0.4, 0.5) is 5.69 Å². The molecule has 4 nitrogen and oxygen atoms in total. The van der Waals surface area contributed by atoms with Crippen LogP contribution in [0.25, 0.3) is 0 Å². The van der Waals surface area contributed by atoms with Crippen molar-refractivity contribution in [3.05, 3.63) is 59.1 Å². The summed E-state index contributed by atoms with van der Waals surface area (Å²) in [4.78, 5) is 12.1. The number of halogens is 1. The fraction of sp³-hybridized carbons (Fsp3) is 0.0714. The summed E-state index contributed by atoms with van der Waals surface area (Å²) in [5.41, 5.74) is 1.01. The van der Waals surface area contributed by atoms with Crippen LogP contribution in [0.3, 0.4) is 0 Å². The predicted octanol–water partition coefficient (Wildman–Crippen LogP) is 2.87. The van der Waals surface area contributed by atoms with Crippen LogP contribution < -0.4 is 15.6 Å². The molecule has 0 aliphatic rings. The van der Waals surface area contributed by atoms with Crippen LogP contribution in [0.5, 0.6) is 5.75 Å². The molecule has 0 heterocycles. The van der Waals surface area contributed by atoms with E-state index in [1.54, 1.807) is 42.5 Å². The maximum atomic E-state index is 12.1. The van der Waals surface area contributed by atoms with Crippen molar-refractivity contribution in [2.45, 2.75) is 0 Å². The molecule has 2 N–H and O–H groups in total. The van der Waals surface area contributed by atoms with E-state index in [1.165, 1.54) is 7.11 Å². The molecule has 2 rings (SSSR count). The zero-order chi connectivity index (χ0) is 13.8. The average molecular weight is 277 g/mol. The quantitative estimate of drug-likeness (QED) is 0.533. The smallest absolute Gasteiger partial charge is 0.272 e. The first-order valence-electron chi connectivity index (χ1n) is 5.61. The average Bonchev–Trinajstić information content (AvgIpc) is 2.46. The fourth-order valence-corrected chi connectivity index (χ4v) is 1.89. The molecule has 0 atom stereocenters. The van der Waals surface area contributed by atoms with E-state index in [0.29, 0.717) is 22.0 Å². The van der Waals surface area contributed by atoms with Gasteiger partial charge in [0, 0.05) is 5.56 Å². The molecular weight excluding hydrogens is 264 g/mol. The van der Waals surface area contributed by atoms with Crippen LogP contribution in [0.2, 0.25) is 5.02 Å². The summed E-state index contributed by atoms with van der Waals surface area (Å²) in [7, 11) is 1.52. The Labute approximate surface area is 116 Å². The van der Waals surface area contributed by atoms with Crippen molar-refractivity contribution in [1.29, 1.82) is 0 Å². The number of nitrogens with zero attached hydrogens (tertiary/aromatic N) is 1.